The van der Waals surface area contributed by atoms with Crippen LogP contribution in [0.25, 0.3) is 0 Å². The zero-order valence-electron chi connectivity index (χ0n) is 19.0. The molecule has 1 aromatic carbocycles. The van der Waals surface area contributed by atoms with Gasteiger partial charge in [-0.3, -0.25) is 9.67 Å². The Morgan fingerprint density at radius 3 is 2.41 bits per heavy atom. The molecule has 2 aromatic rings. The van der Waals surface area contributed by atoms with Crippen molar-refractivity contribution in [3.8, 4) is 0 Å². The van der Waals surface area contributed by atoms with Gasteiger partial charge >= 0.3 is 0 Å². The van der Waals surface area contributed by atoms with Gasteiger partial charge in [0.1, 0.15) is 0 Å². The molecule has 162 valence electrons. The summed E-state index contributed by atoms with van der Waals surface area (Å²) in [5.41, 5.74) is 5.12. The van der Waals surface area contributed by atoms with Gasteiger partial charge in [0, 0.05) is 31.9 Å². The van der Waals surface area contributed by atoms with Crippen LogP contribution in [0.1, 0.15) is 50.2 Å². The van der Waals surface area contributed by atoms with Crippen molar-refractivity contribution in [1.82, 2.24) is 20.4 Å². The molecule has 1 aromatic heterocycles. The molecule has 29 heavy (non-hydrogen) atoms. The van der Waals surface area contributed by atoms with Gasteiger partial charge in [-0.1, -0.05) is 44.2 Å². The van der Waals surface area contributed by atoms with Crippen molar-refractivity contribution in [3.05, 3.63) is 52.8 Å². The lowest BCUT2D eigenvalue weighted by molar-refractivity contribution is 0.376. The molecule has 1 atom stereocenters. The molecular weight excluding hydrogens is 473 g/mol. The first-order valence-corrected chi connectivity index (χ1v) is 10.3. The summed E-state index contributed by atoms with van der Waals surface area (Å²) in [4.78, 5) is 4.89. The average Bonchev–Trinajstić information content (AvgIpc) is 2.86. The number of halogens is 1. The third kappa shape index (κ3) is 7.99. The van der Waals surface area contributed by atoms with Gasteiger partial charge in [0.05, 0.1) is 5.69 Å². The van der Waals surface area contributed by atoms with Crippen LogP contribution in [0, 0.1) is 19.3 Å². The van der Waals surface area contributed by atoms with E-state index in [0.29, 0.717) is 0 Å². The number of hydrogen-bond acceptors (Lipinski definition) is 2. The predicted octanol–water partition coefficient (Wildman–Crippen LogP) is 4.41. The van der Waals surface area contributed by atoms with Crippen LogP contribution < -0.4 is 10.6 Å². The lowest BCUT2D eigenvalue weighted by Crippen LogP contribution is -2.43. The molecule has 0 spiro atoms. The first-order valence-electron chi connectivity index (χ1n) is 10.3. The minimum absolute atomic E-state index is 0. The van der Waals surface area contributed by atoms with Crippen LogP contribution in [0.3, 0.4) is 0 Å². The highest BCUT2D eigenvalue weighted by Crippen LogP contribution is 2.22. The number of nitrogens with zero attached hydrogens (tertiary/aromatic N) is 3. The summed E-state index contributed by atoms with van der Waals surface area (Å²) in [5, 5.41) is 11.5. The van der Waals surface area contributed by atoms with Gasteiger partial charge in [-0.05, 0) is 57.1 Å². The number of nitrogens with one attached hydrogen (secondary N) is 2. The maximum Gasteiger partial charge on any atom is 0.191 e. The SMILES string of the molecule is CCNC(=NCC(C)(C)Cc1ccccc1)NC(C)Cc1c(C)nn(C)c1C.I. The fraction of sp³-hybridized carbons (Fsp3) is 0.565. The van der Waals surface area contributed by atoms with Gasteiger partial charge in [-0.15, -0.1) is 24.0 Å². The minimum Gasteiger partial charge on any atom is -0.357 e. The largest absolute Gasteiger partial charge is 0.357 e. The summed E-state index contributed by atoms with van der Waals surface area (Å²) >= 11 is 0. The van der Waals surface area contributed by atoms with Crippen LogP contribution in [-0.4, -0.2) is 34.9 Å². The Morgan fingerprint density at radius 2 is 1.86 bits per heavy atom. The number of hydrogen-bond donors (Lipinski definition) is 2. The molecule has 0 saturated heterocycles. The summed E-state index contributed by atoms with van der Waals surface area (Å²) < 4.78 is 1.96. The molecule has 0 aliphatic heterocycles. The first kappa shape index (κ1) is 25.5. The molecule has 0 fully saturated rings. The second-order valence-electron chi connectivity index (χ2n) is 8.54. The number of aromatic nitrogens is 2. The van der Waals surface area contributed by atoms with Crippen LogP contribution in [0.15, 0.2) is 35.3 Å². The predicted molar refractivity (Wildman–Crippen MR) is 134 cm³/mol. The standard InChI is InChI=1S/C23H37N5.HI/c1-8-24-22(25-16-23(5,6)15-20-12-10-9-11-13-20)26-17(2)14-21-18(3)27-28(7)19(21)4;/h9-13,17H,8,14-16H2,1-7H3,(H2,24,25,26);1H. The second-order valence-corrected chi connectivity index (χ2v) is 8.54. The molecule has 0 aliphatic carbocycles. The normalized spacial score (nSPS) is 13.0. The molecule has 0 radical (unpaired) electrons. The average molecular weight is 511 g/mol. The van der Waals surface area contributed by atoms with Gasteiger partial charge in [0.25, 0.3) is 0 Å². The maximum absolute atomic E-state index is 4.89. The summed E-state index contributed by atoms with van der Waals surface area (Å²) in [6, 6.07) is 10.9. The lowest BCUT2D eigenvalue weighted by atomic mass is 9.86. The number of rotatable bonds is 8. The van der Waals surface area contributed by atoms with E-state index in [-0.39, 0.29) is 35.4 Å². The van der Waals surface area contributed by atoms with E-state index >= 15 is 0 Å². The van der Waals surface area contributed by atoms with Crippen molar-refractivity contribution in [3.63, 3.8) is 0 Å². The van der Waals surface area contributed by atoms with E-state index in [1.54, 1.807) is 0 Å². The van der Waals surface area contributed by atoms with E-state index < -0.39 is 0 Å². The van der Waals surface area contributed by atoms with Crippen LogP contribution in [0.4, 0.5) is 0 Å². The molecule has 2 N–H and O–H groups in total. The van der Waals surface area contributed by atoms with Crippen molar-refractivity contribution in [2.24, 2.45) is 17.5 Å². The summed E-state index contributed by atoms with van der Waals surface area (Å²) in [6.45, 7) is 14.7. The molecule has 2 rings (SSSR count). The Labute approximate surface area is 193 Å². The number of guanidine groups is 1. The second kappa shape index (κ2) is 11.6. The molecule has 1 heterocycles. The highest BCUT2D eigenvalue weighted by molar-refractivity contribution is 14.0. The van der Waals surface area contributed by atoms with Crippen LogP contribution in [0.2, 0.25) is 0 Å². The van der Waals surface area contributed by atoms with Crippen molar-refractivity contribution in [2.75, 3.05) is 13.1 Å². The summed E-state index contributed by atoms with van der Waals surface area (Å²) in [5.74, 6) is 0.885. The molecule has 1 unspecified atom stereocenters. The molecule has 0 bridgehead atoms. The number of aryl methyl sites for hydroxylation is 2. The fourth-order valence-electron chi connectivity index (χ4n) is 3.52. The molecular formula is C23H38IN5. The van der Waals surface area contributed by atoms with Crippen molar-refractivity contribution < 1.29 is 0 Å². The van der Waals surface area contributed by atoms with Crippen LogP contribution >= 0.6 is 24.0 Å². The quantitative estimate of drug-likeness (QED) is 0.314. The minimum atomic E-state index is 0. The van der Waals surface area contributed by atoms with Gasteiger partial charge in [-0.25, -0.2) is 0 Å². The molecule has 5 nitrogen and oxygen atoms in total. The van der Waals surface area contributed by atoms with Gasteiger partial charge < -0.3 is 10.6 Å². The van der Waals surface area contributed by atoms with Gasteiger partial charge in [0.15, 0.2) is 5.96 Å². The third-order valence-electron chi connectivity index (χ3n) is 5.09. The Balaban J connectivity index is 0.00000420. The summed E-state index contributed by atoms with van der Waals surface area (Å²) in [7, 11) is 2.00. The smallest absolute Gasteiger partial charge is 0.191 e. The molecule has 6 heteroatoms. The topological polar surface area (TPSA) is 54.2 Å². The maximum atomic E-state index is 4.89. The zero-order valence-corrected chi connectivity index (χ0v) is 21.4. The van der Waals surface area contributed by atoms with E-state index in [9.17, 15) is 0 Å². The van der Waals surface area contributed by atoms with Gasteiger partial charge in [-0.2, -0.15) is 5.10 Å². The highest BCUT2D eigenvalue weighted by Gasteiger charge is 2.19. The van der Waals surface area contributed by atoms with Crippen molar-refractivity contribution in [1.29, 1.82) is 0 Å². The monoisotopic (exact) mass is 511 g/mol. The molecule has 0 aliphatic rings. The van der Waals surface area contributed by atoms with E-state index in [4.69, 9.17) is 4.99 Å². The Bertz CT molecular complexity index is 780. The fourth-order valence-corrected chi connectivity index (χ4v) is 3.52. The molecule has 0 amide bonds. The van der Waals surface area contributed by atoms with Crippen molar-refractivity contribution >= 4 is 29.9 Å². The Hall–Kier alpha value is -1.57. The van der Waals surface area contributed by atoms with E-state index in [0.717, 1.165) is 37.6 Å². The lowest BCUT2D eigenvalue weighted by Gasteiger charge is -2.24. The van der Waals surface area contributed by atoms with E-state index in [1.165, 1.54) is 16.8 Å². The first-order chi connectivity index (χ1) is 13.2. The zero-order chi connectivity index (χ0) is 20.7. The number of benzene rings is 1. The van der Waals surface area contributed by atoms with E-state index in [2.05, 4.69) is 87.6 Å². The third-order valence-corrected chi connectivity index (χ3v) is 5.09. The Morgan fingerprint density at radius 1 is 1.21 bits per heavy atom. The summed E-state index contributed by atoms with van der Waals surface area (Å²) in [6.07, 6.45) is 1.95. The van der Waals surface area contributed by atoms with Gasteiger partial charge in [0.2, 0.25) is 0 Å². The molecule has 0 saturated carbocycles. The number of aliphatic imine (C=N–C) groups is 1. The highest BCUT2D eigenvalue weighted by atomic mass is 127. The van der Waals surface area contributed by atoms with Crippen molar-refractivity contribution in [2.45, 2.75) is 60.4 Å². The van der Waals surface area contributed by atoms with E-state index in [1.807, 2.05) is 11.7 Å². The van der Waals surface area contributed by atoms with Crippen LogP contribution in [-0.2, 0) is 19.9 Å². The van der Waals surface area contributed by atoms with Crippen LogP contribution in [0.5, 0.6) is 0 Å². The Kier molecular flexibility index (Phi) is 10.2.